The third-order valence-corrected chi connectivity index (χ3v) is 4.88. The van der Waals surface area contributed by atoms with Gasteiger partial charge >= 0.3 is 0 Å². The van der Waals surface area contributed by atoms with E-state index in [4.69, 9.17) is 5.73 Å². The molecule has 0 saturated heterocycles. The van der Waals surface area contributed by atoms with Gasteiger partial charge in [-0.2, -0.15) is 0 Å². The molecule has 0 bridgehead atoms. The van der Waals surface area contributed by atoms with Gasteiger partial charge in [0.25, 0.3) is 0 Å². The molecule has 2 aliphatic carbocycles. The Hall–Kier alpha value is -0.570. The molecule has 17 heavy (non-hydrogen) atoms. The Morgan fingerprint density at radius 1 is 1.29 bits per heavy atom. The summed E-state index contributed by atoms with van der Waals surface area (Å²) in [5.41, 5.74) is 6.11. The molecule has 2 rings (SSSR count). The highest BCUT2D eigenvalue weighted by Gasteiger charge is 2.56. The standard InChI is InChI=1S/C14H26N2O/c1-3-9(4-2)12(15)8-16-14(17)13-10-6-5-7-11(10)13/h9-13H,3-8,15H2,1-2H3,(H,16,17). The fourth-order valence-electron chi connectivity index (χ4n) is 3.61. The molecule has 0 aromatic rings. The Kier molecular flexibility index (Phi) is 4.08. The van der Waals surface area contributed by atoms with Gasteiger partial charge in [-0.05, 0) is 30.6 Å². The zero-order valence-electron chi connectivity index (χ0n) is 11.1. The number of carbonyl (C=O) groups excluding carboxylic acids is 1. The van der Waals surface area contributed by atoms with Crippen molar-refractivity contribution in [2.75, 3.05) is 6.54 Å². The number of hydrogen-bond donors (Lipinski definition) is 2. The summed E-state index contributed by atoms with van der Waals surface area (Å²) in [5, 5.41) is 3.06. The van der Waals surface area contributed by atoms with Gasteiger partial charge in [0.2, 0.25) is 5.91 Å². The van der Waals surface area contributed by atoms with E-state index in [0.717, 1.165) is 12.8 Å². The van der Waals surface area contributed by atoms with Gasteiger partial charge in [0.1, 0.15) is 0 Å². The van der Waals surface area contributed by atoms with E-state index in [9.17, 15) is 4.79 Å². The second-order valence-corrected chi connectivity index (χ2v) is 5.77. The van der Waals surface area contributed by atoms with Crippen molar-refractivity contribution >= 4 is 5.91 Å². The van der Waals surface area contributed by atoms with Crippen molar-refractivity contribution in [3.8, 4) is 0 Å². The average molecular weight is 238 g/mol. The Labute approximate surface area is 105 Å². The van der Waals surface area contributed by atoms with Crippen LogP contribution in [0.5, 0.6) is 0 Å². The molecule has 0 aromatic carbocycles. The second kappa shape index (κ2) is 5.38. The van der Waals surface area contributed by atoms with Crippen LogP contribution in [0.4, 0.5) is 0 Å². The smallest absolute Gasteiger partial charge is 0.223 e. The minimum atomic E-state index is 0.118. The van der Waals surface area contributed by atoms with Crippen LogP contribution >= 0.6 is 0 Å². The van der Waals surface area contributed by atoms with Crippen LogP contribution in [0.15, 0.2) is 0 Å². The molecule has 0 aromatic heterocycles. The van der Waals surface area contributed by atoms with Gasteiger partial charge in [0.05, 0.1) is 0 Å². The topological polar surface area (TPSA) is 55.1 Å². The molecule has 2 fully saturated rings. The van der Waals surface area contributed by atoms with Gasteiger partial charge in [-0.25, -0.2) is 0 Å². The molecule has 3 atom stereocenters. The Balaban J connectivity index is 1.70. The predicted molar refractivity (Wildman–Crippen MR) is 69.4 cm³/mol. The highest BCUT2D eigenvalue weighted by Crippen LogP contribution is 2.57. The number of carbonyl (C=O) groups is 1. The molecule has 0 heterocycles. The van der Waals surface area contributed by atoms with Crippen LogP contribution in [0.25, 0.3) is 0 Å². The van der Waals surface area contributed by atoms with Gasteiger partial charge in [0.15, 0.2) is 0 Å². The zero-order chi connectivity index (χ0) is 12.4. The summed E-state index contributed by atoms with van der Waals surface area (Å²) in [7, 11) is 0. The maximum Gasteiger partial charge on any atom is 0.223 e. The number of hydrogen-bond acceptors (Lipinski definition) is 2. The first-order valence-electron chi connectivity index (χ1n) is 7.22. The van der Waals surface area contributed by atoms with Crippen molar-refractivity contribution < 1.29 is 4.79 Å². The average Bonchev–Trinajstić information content (AvgIpc) is 2.81. The fraction of sp³-hybridized carbons (Fsp3) is 0.929. The molecule has 3 heteroatoms. The minimum Gasteiger partial charge on any atom is -0.354 e. The summed E-state index contributed by atoms with van der Waals surface area (Å²) in [4.78, 5) is 12.0. The molecule has 0 spiro atoms. The van der Waals surface area contributed by atoms with E-state index in [1.165, 1.54) is 19.3 Å². The lowest BCUT2D eigenvalue weighted by molar-refractivity contribution is -0.123. The van der Waals surface area contributed by atoms with Gasteiger partial charge in [-0.3, -0.25) is 4.79 Å². The van der Waals surface area contributed by atoms with Crippen LogP contribution in [-0.2, 0) is 4.79 Å². The molecule has 3 nitrogen and oxygen atoms in total. The van der Waals surface area contributed by atoms with E-state index in [1.807, 2.05) is 0 Å². The molecular formula is C14H26N2O. The van der Waals surface area contributed by atoms with Gasteiger partial charge in [-0.15, -0.1) is 0 Å². The molecule has 3 N–H and O–H groups in total. The van der Waals surface area contributed by atoms with Crippen LogP contribution in [0.2, 0.25) is 0 Å². The maximum atomic E-state index is 12.0. The lowest BCUT2D eigenvalue weighted by Gasteiger charge is -2.21. The number of amides is 1. The van der Waals surface area contributed by atoms with E-state index in [2.05, 4.69) is 19.2 Å². The second-order valence-electron chi connectivity index (χ2n) is 5.77. The molecule has 98 valence electrons. The van der Waals surface area contributed by atoms with Gasteiger partial charge in [-0.1, -0.05) is 33.1 Å². The van der Waals surface area contributed by atoms with E-state index < -0.39 is 0 Å². The van der Waals surface area contributed by atoms with Crippen LogP contribution < -0.4 is 11.1 Å². The normalized spacial score (nSPS) is 32.4. The molecule has 2 aliphatic rings. The Bertz CT molecular complexity index is 265. The number of nitrogens with two attached hydrogens (primary N) is 1. The van der Waals surface area contributed by atoms with Crippen molar-refractivity contribution in [2.24, 2.45) is 29.4 Å². The van der Waals surface area contributed by atoms with Crippen molar-refractivity contribution in [3.05, 3.63) is 0 Å². The third kappa shape index (κ3) is 2.65. The highest BCUT2D eigenvalue weighted by molar-refractivity contribution is 5.82. The fourth-order valence-corrected chi connectivity index (χ4v) is 3.61. The van der Waals surface area contributed by atoms with E-state index in [-0.39, 0.29) is 11.9 Å². The lowest BCUT2D eigenvalue weighted by Crippen LogP contribution is -2.42. The van der Waals surface area contributed by atoms with Gasteiger partial charge in [0, 0.05) is 18.5 Å². The molecular weight excluding hydrogens is 212 g/mol. The first-order valence-corrected chi connectivity index (χ1v) is 7.22. The Morgan fingerprint density at radius 2 is 1.88 bits per heavy atom. The largest absolute Gasteiger partial charge is 0.354 e. The number of nitrogens with one attached hydrogen (secondary N) is 1. The van der Waals surface area contributed by atoms with Crippen molar-refractivity contribution in [1.29, 1.82) is 0 Å². The molecule has 3 unspecified atom stereocenters. The number of fused-ring (bicyclic) bond motifs is 1. The first kappa shape index (κ1) is 12.9. The molecule has 2 saturated carbocycles. The summed E-state index contributed by atoms with van der Waals surface area (Å²) in [6.45, 7) is 4.99. The minimum absolute atomic E-state index is 0.118. The Morgan fingerprint density at radius 3 is 2.41 bits per heavy atom. The lowest BCUT2D eigenvalue weighted by atomic mass is 9.95. The van der Waals surface area contributed by atoms with Crippen LogP contribution in [-0.4, -0.2) is 18.5 Å². The van der Waals surface area contributed by atoms with Crippen LogP contribution in [0.1, 0.15) is 46.0 Å². The third-order valence-electron chi connectivity index (χ3n) is 4.88. The zero-order valence-corrected chi connectivity index (χ0v) is 11.1. The van der Waals surface area contributed by atoms with Crippen molar-refractivity contribution in [1.82, 2.24) is 5.32 Å². The highest BCUT2D eigenvalue weighted by atomic mass is 16.2. The SMILES string of the molecule is CCC(CC)C(N)CNC(=O)C1C2CCCC21. The molecule has 0 radical (unpaired) electrons. The van der Waals surface area contributed by atoms with Crippen molar-refractivity contribution in [2.45, 2.75) is 52.0 Å². The quantitative estimate of drug-likeness (QED) is 0.742. The summed E-state index contributed by atoms with van der Waals surface area (Å²) >= 11 is 0. The monoisotopic (exact) mass is 238 g/mol. The summed E-state index contributed by atoms with van der Waals surface area (Å²) in [5.74, 6) is 2.55. The predicted octanol–water partition coefficient (Wildman–Crippen LogP) is 1.91. The number of rotatable bonds is 6. The molecule has 0 aliphatic heterocycles. The summed E-state index contributed by atoms with van der Waals surface area (Å²) in [6.07, 6.45) is 6.06. The van der Waals surface area contributed by atoms with Gasteiger partial charge < -0.3 is 11.1 Å². The molecule has 1 amide bonds. The van der Waals surface area contributed by atoms with Crippen LogP contribution in [0, 0.1) is 23.7 Å². The van der Waals surface area contributed by atoms with E-state index in [1.54, 1.807) is 0 Å². The van der Waals surface area contributed by atoms with Crippen molar-refractivity contribution in [3.63, 3.8) is 0 Å². The summed E-state index contributed by atoms with van der Waals surface area (Å²) in [6, 6.07) is 0.118. The van der Waals surface area contributed by atoms with Crippen LogP contribution in [0.3, 0.4) is 0 Å². The van der Waals surface area contributed by atoms with E-state index in [0.29, 0.717) is 30.2 Å². The first-order chi connectivity index (χ1) is 8.19. The van der Waals surface area contributed by atoms with E-state index >= 15 is 0 Å². The summed E-state index contributed by atoms with van der Waals surface area (Å²) < 4.78 is 0. The maximum absolute atomic E-state index is 12.0.